The Morgan fingerprint density at radius 2 is 2.09 bits per heavy atom. The third-order valence-corrected chi connectivity index (χ3v) is 7.98. The summed E-state index contributed by atoms with van der Waals surface area (Å²) >= 11 is 3.63. The minimum atomic E-state index is -0.803. The number of ether oxygens (including phenoxy) is 1. The maximum Gasteiger partial charge on any atom is 0.320 e. The molecular formula is C24H30BrFN6O2. The van der Waals surface area contributed by atoms with Crippen LogP contribution in [0.3, 0.4) is 0 Å². The number of nitrogens with zero attached hydrogens (tertiary/aromatic N) is 6. The molecule has 34 heavy (non-hydrogen) atoms. The van der Waals surface area contributed by atoms with E-state index in [4.69, 9.17) is 14.7 Å². The van der Waals surface area contributed by atoms with Crippen molar-refractivity contribution in [3.63, 3.8) is 0 Å². The number of pyridine rings is 1. The van der Waals surface area contributed by atoms with Crippen LogP contribution in [0.5, 0.6) is 6.01 Å². The molecule has 0 amide bonds. The topological polar surface area (TPSA) is 79.0 Å². The molecule has 5 atom stereocenters. The summed E-state index contributed by atoms with van der Waals surface area (Å²) in [7, 11) is 0. The van der Waals surface area contributed by atoms with Crippen molar-refractivity contribution in [2.75, 3.05) is 31.1 Å². The van der Waals surface area contributed by atoms with Crippen LogP contribution in [0.1, 0.15) is 44.7 Å². The van der Waals surface area contributed by atoms with Crippen molar-refractivity contribution in [1.29, 1.82) is 0 Å². The van der Waals surface area contributed by atoms with Crippen LogP contribution in [-0.4, -0.2) is 73.8 Å². The van der Waals surface area contributed by atoms with E-state index in [0.717, 1.165) is 71.3 Å². The molecule has 0 aromatic carbocycles. The second kappa shape index (κ2) is 8.27. The van der Waals surface area contributed by atoms with Crippen LogP contribution in [-0.2, 0) is 0 Å². The zero-order valence-corrected chi connectivity index (χ0v) is 21.1. The first-order valence-corrected chi connectivity index (χ1v) is 13.0. The van der Waals surface area contributed by atoms with Crippen molar-refractivity contribution in [3.8, 4) is 6.01 Å². The van der Waals surface area contributed by atoms with Gasteiger partial charge in [0.2, 0.25) is 0 Å². The van der Waals surface area contributed by atoms with E-state index < -0.39 is 11.8 Å². The maximum atomic E-state index is 14.2. The first-order chi connectivity index (χ1) is 16.3. The molecule has 1 N–H and O–H groups in total. The predicted molar refractivity (Wildman–Crippen MR) is 131 cm³/mol. The molecule has 3 aromatic rings. The molecule has 3 fully saturated rings. The zero-order valence-electron chi connectivity index (χ0n) is 19.5. The summed E-state index contributed by atoms with van der Waals surface area (Å²) in [6, 6.07) is 4.27. The highest BCUT2D eigenvalue weighted by atomic mass is 79.9. The van der Waals surface area contributed by atoms with Crippen LogP contribution in [0, 0.1) is 12.8 Å². The quantitative estimate of drug-likeness (QED) is 0.513. The van der Waals surface area contributed by atoms with Gasteiger partial charge in [-0.3, -0.25) is 4.90 Å². The molecule has 3 saturated heterocycles. The van der Waals surface area contributed by atoms with Crippen LogP contribution in [0.15, 0.2) is 16.7 Å². The van der Waals surface area contributed by atoms with E-state index in [2.05, 4.69) is 30.8 Å². The summed E-state index contributed by atoms with van der Waals surface area (Å²) < 4.78 is 23.3. The Balaban J connectivity index is 1.48. The lowest BCUT2D eigenvalue weighted by atomic mass is 9.86. The Bertz CT molecular complexity index is 1240. The third kappa shape index (κ3) is 3.93. The number of hydrogen-bond acceptors (Lipinski definition) is 7. The van der Waals surface area contributed by atoms with Gasteiger partial charge in [0, 0.05) is 32.1 Å². The minimum Gasteiger partial charge on any atom is -0.444 e. The maximum absolute atomic E-state index is 14.2. The monoisotopic (exact) mass is 532 g/mol. The van der Waals surface area contributed by atoms with E-state index in [9.17, 15) is 9.50 Å². The van der Waals surface area contributed by atoms with Gasteiger partial charge in [-0.25, -0.2) is 8.91 Å². The van der Waals surface area contributed by atoms with Crippen molar-refractivity contribution in [1.82, 2.24) is 24.5 Å². The largest absolute Gasteiger partial charge is 0.444 e. The van der Waals surface area contributed by atoms with Gasteiger partial charge in [-0.1, -0.05) is 0 Å². The number of piperidine rings is 3. The van der Waals surface area contributed by atoms with E-state index in [-0.39, 0.29) is 12.1 Å². The molecule has 0 aliphatic carbocycles. The molecular weight excluding hydrogens is 503 g/mol. The summed E-state index contributed by atoms with van der Waals surface area (Å²) in [6.45, 7) is 6.34. The Labute approximate surface area is 206 Å². The van der Waals surface area contributed by atoms with Crippen LogP contribution >= 0.6 is 15.9 Å². The molecule has 3 aliphatic rings. The van der Waals surface area contributed by atoms with Gasteiger partial charge in [0.15, 0.2) is 6.23 Å². The Morgan fingerprint density at radius 3 is 2.88 bits per heavy atom. The SMILES string of the molecule is Cc1cc2c3c(N4CCC[C@@](C)(O)C4)nc(OC4[C@@H]5CCCN4C[C@H](F)C5)nc3cc(Br)n2n1. The highest BCUT2D eigenvalue weighted by molar-refractivity contribution is 9.10. The molecule has 3 aliphatic heterocycles. The second-order valence-electron chi connectivity index (χ2n) is 10.4. The molecule has 182 valence electrons. The normalized spacial score (nSPS) is 31.9. The standard InChI is InChI=1S/C24H30BrFN6O2/c1-14-9-18-20-17(11-19(25)32(18)29-14)27-23(28-21(20)31-8-4-6-24(2,33)13-31)34-22-15-5-3-7-30(22)12-16(26)10-15/h9,11,15-16,22,33H,3-8,10,12-13H2,1-2H3/t15-,16-,22?,24-/m1/s1. The fourth-order valence-corrected chi connectivity index (χ4v) is 6.47. The number of aliphatic hydroxyl groups is 1. The molecule has 0 spiro atoms. The molecule has 2 bridgehead atoms. The number of alkyl halides is 1. The first-order valence-electron chi connectivity index (χ1n) is 12.2. The van der Waals surface area contributed by atoms with Crippen molar-refractivity contribution < 1.29 is 14.2 Å². The van der Waals surface area contributed by atoms with Crippen LogP contribution in [0.25, 0.3) is 16.4 Å². The van der Waals surface area contributed by atoms with E-state index in [1.165, 1.54) is 0 Å². The number of hydrogen-bond donors (Lipinski definition) is 1. The number of halogens is 2. The molecule has 3 aromatic heterocycles. The number of aryl methyl sites for hydroxylation is 1. The number of fused-ring (bicyclic) bond motifs is 5. The lowest BCUT2D eigenvalue weighted by Crippen LogP contribution is -2.55. The van der Waals surface area contributed by atoms with Gasteiger partial charge in [-0.05, 0) is 74.0 Å². The Morgan fingerprint density at radius 1 is 1.24 bits per heavy atom. The summed E-state index contributed by atoms with van der Waals surface area (Å²) in [4.78, 5) is 14.0. The smallest absolute Gasteiger partial charge is 0.320 e. The van der Waals surface area contributed by atoms with Gasteiger partial charge in [0.05, 0.1) is 27.7 Å². The van der Waals surface area contributed by atoms with Crippen LogP contribution < -0.4 is 9.64 Å². The lowest BCUT2D eigenvalue weighted by molar-refractivity contribution is -0.0989. The zero-order chi connectivity index (χ0) is 23.6. The van der Waals surface area contributed by atoms with E-state index in [1.807, 2.05) is 30.5 Å². The summed E-state index contributed by atoms with van der Waals surface area (Å²) in [6.07, 6.45) is 3.16. The predicted octanol–water partition coefficient (Wildman–Crippen LogP) is 3.86. The van der Waals surface area contributed by atoms with Gasteiger partial charge in [0.1, 0.15) is 16.6 Å². The average molecular weight is 533 g/mol. The molecule has 6 heterocycles. The fourth-order valence-electron chi connectivity index (χ4n) is 5.98. The molecule has 8 nitrogen and oxygen atoms in total. The van der Waals surface area contributed by atoms with E-state index in [1.54, 1.807) is 0 Å². The lowest BCUT2D eigenvalue weighted by Gasteiger charge is -2.45. The highest BCUT2D eigenvalue weighted by Gasteiger charge is 2.41. The van der Waals surface area contributed by atoms with E-state index in [0.29, 0.717) is 25.5 Å². The Hall–Kier alpha value is -2.04. The highest BCUT2D eigenvalue weighted by Crippen LogP contribution is 2.38. The minimum absolute atomic E-state index is 0.141. The van der Waals surface area contributed by atoms with Gasteiger partial charge in [-0.2, -0.15) is 15.1 Å². The fraction of sp³-hybridized carbons (Fsp3) is 0.625. The molecule has 0 saturated carbocycles. The van der Waals surface area contributed by atoms with Crippen LogP contribution in [0.4, 0.5) is 10.2 Å². The number of β-amino-alcohol motifs (C(OH)–C–C–N with tert-alkyl or cyclic N) is 1. The summed E-state index contributed by atoms with van der Waals surface area (Å²) in [5.74, 6) is 0.888. The molecule has 2 unspecified atom stereocenters. The Kier molecular flexibility index (Phi) is 5.46. The number of anilines is 1. The second-order valence-corrected chi connectivity index (χ2v) is 11.2. The first kappa shape index (κ1) is 22.4. The third-order valence-electron chi connectivity index (χ3n) is 7.42. The molecule has 10 heteroatoms. The van der Waals surface area contributed by atoms with Crippen molar-refractivity contribution in [2.24, 2.45) is 5.92 Å². The van der Waals surface area contributed by atoms with Crippen LogP contribution in [0.2, 0.25) is 0 Å². The summed E-state index contributed by atoms with van der Waals surface area (Å²) in [5.41, 5.74) is 1.77. The average Bonchev–Trinajstić information content (AvgIpc) is 3.15. The number of rotatable bonds is 3. The van der Waals surface area contributed by atoms with Gasteiger partial charge in [0.25, 0.3) is 0 Å². The van der Waals surface area contributed by atoms with Crippen molar-refractivity contribution >= 4 is 38.2 Å². The van der Waals surface area contributed by atoms with Crippen molar-refractivity contribution in [3.05, 3.63) is 22.4 Å². The molecule has 6 rings (SSSR count). The van der Waals surface area contributed by atoms with Gasteiger partial charge >= 0.3 is 6.01 Å². The number of aromatic nitrogens is 4. The van der Waals surface area contributed by atoms with E-state index >= 15 is 0 Å². The van der Waals surface area contributed by atoms with Gasteiger partial charge < -0.3 is 14.7 Å². The van der Waals surface area contributed by atoms with Gasteiger partial charge in [-0.15, -0.1) is 0 Å². The van der Waals surface area contributed by atoms with Crippen molar-refractivity contribution in [2.45, 2.75) is 64.0 Å². The summed E-state index contributed by atoms with van der Waals surface area (Å²) in [5, 5.41) is 16.3. The molecule has 0 radical (unpaired) electrons.